The molecule has 1 aromatic heterocycles. The van der Waals surface area contributed by atoms with Gasteiger partial charge < -0.3 is 19.6 Å². The Labute approximate surface area is 239 Å². The number of likely N-dealkylation sites (tertiary alicyclic amines) is 1. The van der Waals surface area contributed by atoms with Gasteiger partial charge in [0.2, 0.25) is 5.91 Å². The fraction of sp³-hybridized carbons (Fsp3) is 0.312. The molecule has 1 saturated heterocycles. The molecule has 1 fully saturated rings. The van der Waals surface area contributed by atoms with Gasteiger partial charge in [-0.2, -0.15) is 0 Å². The molecule has 5 rings (SSSR count). The van der Waals surface area contributed by atoms with Gasteiger partial charge in [-0.25, -0.2) is 4.79 Å². The molecule has 0 unspecified atom stereocenters. The van der Waals surface area contributed by atoms with Crippen molar-refractivity contribution in [3.8, 4) is 11.1 Å². The third kappa shape index (κ3) is 7.07. The number of aliphatic hydroxyl groups excluding tert-OH is 1. The van der Waals surface area contributed by atoms with Crippen molar-refractivity contribution in [3.05, 3.63) is 83.2 Å². The number of nitrogens with zero attached hydrogens (tertiary/aromatic N) is 1. The highest BCUT2D eigenvalue weighted by atomic mass is 32.1. The molecule has 3 N–H and O–H groups in total. The van der Waals surface area contributed by atoms with E-state index in [1.807, 2.05) is 72.8 Å². The van der Waals surface area contributed by atoms with Crippen molar-refractivity contribution in [2.45, 2.75) is 38.4 Å². The zero-order valence-electron chi connectivity index (χ0n) is 23.0. The number of carbonyl (C=O) groups is 2. The summed E-state index contributed by atoms with van der Waals surface area (Å²) in [6, 6.07) is 23.5. The normalized spacial score (nSPS) is 15.1. The molecule has 208 valence electrons. The third-order valence-corrected chi connectivity index (χ3v) is 8.54. The molecule has 8 heteroatoms. The lowest BCUT2D eigenvalue weighted by Gasteiger charge is -2.36. The largest absolute Gasteiger partial charge is 0.446 e. The Hall–Kier alpha value is -3.72. The van der Waals surface area contributed by atoms with E-state index in [9.17, 15) is 14.7 Å². The first kappa shape index (κ1) is 27.8. The van der Waals surface area contributed by atoms with E-state index in [1.54, 1.807) is 11.3 Å². The van der Waals surface area contributed by atoms with Gasteiger partial charge in [0.05, 0.1) is 39.5 Å². The zero-order chi connectivity index (χ0) is 28.1. The Balaban J connectivity index is 1.24. The molecule has 0 saturated carbocycles. The standard InChI is InChI=1S/C32H35N3O4S/c1-35(2)16-14-26(15-17-35)39-32(38)34-29-11-8-22(18-28(29)23-6-4-3-5-7-23)9-13-31(37)33-25-10-12-30-24(19-25)20-27(21-36)40-30/h3-8,10-12,18-20,26,36H,9,13-17,21H2,1-2H3,(H-,33,34,37,38)/p+1. The SMILES string of the molecule is C[N+]1(C)CCC(OC(=O)Nc2ccc(CCC(=O)Nc3ccc4sc(CO)cc4c3)cc2-c2ccccc2)CC1. The first-order valence-corrected chi connectivity index (χ1v) is 14.5. The molecule has 2 amide bonds. The highest BCUT2D eigenvalue weighted by molar-refractivity contribution is 7.19. The predicted octanol–water partition coefficient (Wildman–Crippen LogP) is 6.42. The number of nitrogens with one attached hydrogen (secondary N) is 2. The van der Waals surface area contributed by atoms with Gasteiger partial charge in [0.25, 0.3) is 0 Å². The van der Waals surface area contributed by atoms with Crippen LogP contribution >= 0.6 is 11.3 Å². The number of aryl methyl sites for hydroxylation is 1. The molecule has 0 spiro atoms. The number of piperidine rings is 1. The molecule has 0 atom stereocenters. The number of amides is 2. The third-order valence-electron chi connectivity index (χ3n) is 7.44. The second-order valence-electron chi connectivity index (χ2n) is 11.0. The lowest BCUT2D eigenvalue weighted by atomic mass is 9.99. The maximum atomic E-state index is 12.8. The van der Waals surface area contributed by atoms with E-state index >= 15 is 0 Å². The summed E-state index contributed by atoms with van der Waals surface area (Å²) in [5, 5.41) is 16.3. The number of aliphatic hydroxyl groups is 1. The molecular weight excluding hydrogens is 522 g/mol. The van der Waals surface area contributed by atoms with E-state index in [-0.39, 0.29) is 18.6 Å². The number of carbonyl (C=O) groups excluding carboxylic acids is 2. The molecule has 3 aromatic carbocycles. The van der Waals surface area contributed by atoms with Crippen LogP contribution in [0.1, 0.15) is 29.7 Å². The summed E-state index contributed by atoms with van der Waals surface area (Å²) < 4.78 is 7.79. The van der Waals surface area contributed by atoms with Gasteiger partial charge in [-0.15, -0.1) is 11.3 Å². The first-order valence-electron chi connectivity index (χ1n) is 13.7. The molecule has 0 bridgehead atoms. The molecule has 40 heavy (non-hydrogen) atoms. The van der Waals surface area contributed by atoms with Gasteiger partial charge in [-0.05, 0) is 59.3 Å². The van der Waals surface area contributed by atoms with Crippen molar-refractivity contribution in [3.63, 3.8) is 0 Å². The summed E-state index contributed by atoms with van der Waals surface area (Å²) in [4.78, 5) is 26.5. The Morgan fingerprint density at radius 3 is 2.50 bits per heavy atom. The van der Waals surface area contributed by atoms with Crippen LogP contribution in [-0.2, 0) is 22.6 Å². The number of ether oxygens (including phenoxy) is 1. The maximum absolute atomic E-state index is 12.8. The van der Waals surface area contributed by atoms with Gasteiger partial charge >= 0.3 is 6.09 Å². The predicted molar refractivity (Wildman–Crippen MR) is 162 cm³/mol. The minimum absolute atomic E-state index is 0.0138. The Bertz CT molecular complexity index is 1490. The average Bonchev–Trinajstić information content (AvgIpc) is 3.37. The minimum Gasteiger partial charge on any atom is -0.446 e. The minimum atomic E-state index is -0.435. The fourth-order valence-electron chi connectivity index (χ4n) is 5.10. The summed E-state index contributed by atoms with van der Waals surface area (Å²) in [6.45, 7) is 1.99. The maximum Gasteiger partial charge on any atom is 0.411 e. The molecule has 1 aliphatic rings. The van der Waals surface area contributed by atoms with E-state index < -0.39 is 6.09 Å². The number of hydrogen-bond acceptors (Lipinski definition) is 5. The monoisotopic (exact) mass is 558 g/mol. The van der Waals surface area contributed by atoms with Crippen molar-refractivity contribution in [2.24, 2.45) is 0 Å². The first-order chi connectivity index (χ1) is 19.3. The van der Waals surface area contributed by atoms with Crippen molar-refractivity contribution in [1.29, 1.82) is 0 Å². The van der Waals surface area contributed by atoms with Gasteiger partial charge in [-0.3, -0.25) is 10.1 Å². The molecule has 0 aliphatic carbocycles. The number of rotatable bonds is 8. The summed E-state index contributed by atoms with van der Waals surface area (Å²) in [6.07, 6.45) is 2.09. The van der Waals surface area contributed by atoms with Gasteiger partial charge in [0.1, 0.15) is 6.10 Å². The van der Waals surface area contributed by atoms with Crippen LogP contribution in [0.2, 0.25) is 0 Å². The van der Waals surface area contributed by atoms with E-state index in [0.29, 0.717) is 18.5 Å². The van der Waals surface area contributed by atoms with E-state index in [0.717, 1.165) is 67.8 Å². The van der Waals surface area contributed by atoms with Crippen LogP contribution in [0.5, 0.6) is 0 Å². The van der Waals surface area contributed by atoms with Gasteiger partial charge in [0, 0.05) is 40.1 Å². The fourth-order valence-corrected chi connectivity index (χ4v) is 6.00. The van der Waals surface area contributed by atoms with Crippen LogP contribution in [0.3, 0.4) is 0 Å². The summed E-state index contributed by atoms with van der Waals surface area (Å²) >= 11 is 1.55. The Kier molecular flexibility index (Phi) is 8.49. The Morgan fingerprint density at radius 1 is 0.975 bits per heavy atom. The van der Waals surface area contributed by atoms with Gasteiger partial charge in [0.15, 0.2) is 0 Å². The number of fused-ring (bicyclic) bond motifs is 1. The van der Waals surface area contributed by atoms with Crippen LogP contribution in [0.15, 0.2) is 72.8 Å². The molecule has 4 aromatic rings. The number of anilines is 2. The quantitative estimate of drug-likeness (QED) is 0.218. The second kappa shape index (κ2) is 12.2. The molecule has 2 heterocycles. The van der Waals surface area contributed by atoms with Crippen LogP contribution < -0.4 is 10.6 Å². The molecule has 1 aliphatic heterocycles. The van der Waals surface area contributed by atoms with Crippen molar-refractivity contribution in [2.75, 3.05) is 37.8 Å². The highest BCUT2D eigenvalue weighted by Gasteiger charge is 2.28. The zero-order valence-corrected chi connectivity index (χ0v) is 23.8. The van der Waals surface area contributed by atoms with E-state index in [4.69, 9.17) is 4.74 Å². The van der Waals surface area contributed by atoms with Crippen molar-refractivity contribution < 1.29 is 23.9 Å². The number of quaternary nitrogens is 1. The van der Waals surface area contributed by atoms with Crippen molar-refractivity contribution in [1.82, 2.24) is 0 Å². The second-order valence-corrected chi connectivity index (χ2v) is 12.2. The number of thiophene rings is 1. The van der Waals surface area contributed by atoms with Crippen LogP contribution in [0.25, 0.3) is 21.2 Å². The van der Waals surface area contributed by atoms with Crippen LogP contribution in [-0.4, -0.2) is 54.9 Å². The average molecular weight is 559 g/mol. The van der Waals surface area contributed by atoms with Gasteiger partial charge in [-0.1, -0.05) is 36.4 Å². The number of hydrogen-bond donors (Lipinski definition) is 3. The van der Waals surface area contributed by atoms with E-state index in [1.165, 1.54) is 0 Å². The lowest BCUT2D eigenvalue weighted by Crippen LogP contribution is -2.48. The van der Waals surface area contributed by atoms with Crippen LogP contribution in [0, 0.1) is 0 Å². The summed E-state index contributed by atoms with van der Waals surface area (Å²) in [5.41, 5.74) is 4.29. The lowest BCUT2D eigenvalue weighted by molar-refractivity contribution is -0.896. The Morgan fingerprint density at radius 2 is 1.75 bits per heavy atom. The van der Waals surface area contributed by atoms with Crippen LogP contribution in [0.4, 0.5) is 16.2 Å². The summed E-state index contributed by atoms with van der Waals surface area (Å²) in [7, 11) is 4.40. The molecule has 0 radical (unpaired) electrons. The molecular formula is C32H36N3O4S+. The van der Waals surface area contributed by atoms with E-state index in [2.05, 4.69) is 24.7 Å². The topological polar surface area (TPSA) is 87.7 Å². The number of benzene rings is 3. The molecule has 7 nitrogen and oxygen atoms in total. The van der Waals surface area contributed by atoms with Crippen molar-refractivity contribution >= 4 is 44.8 Å². The highest BCUT2D eigenvalue weighted by Crippen LogP contribution is 2.31. The summed E-state index contributed by atoms with van der Waals surface area (Å²) in [5.74, 6) is -0.0710. The smallest absolute Gasteiger partial charge is 0.411 e.